The Kier molecular flexibility index (Phi) is 19.1. The van der Waals surface area contributed by atoms with Crippen molar-refractivity contribution >= 4 is 91.4 Å². The summed E-state index contributed by atoms with van der Waals surface area (Å²) in [5, 5.41) is 24.4. The number of thiazole rings is 1. The summed E-state index contributed by atoms with van der Waals surface area (Å²) in [5.41, 5.74) is 2.83. The number of carbonyl (C=O) groups excluding carboxylic acids is 5. The summed E-state index contributed by atoms with van der Waals surface area (Å²) in [6, 6.07) is 13.0. The SMILES string of the molecule is CC[C@H](C)[C@H](NC(=O)[C@H](C)NC)C(=O)N1CCC[C@H]1c1nc(-c2ccc(F)c3ccccc23)cs1.CN[C@@H](C)C(=O)N[C@H](C(=O)N1CCC[C@H]1C(=O)Nc1snnc1-c1ccc(Cl)c(Cl)c1)C1CCCCC1. The van der Waals surface area contributed by atoms with Gasteiger partial charge in [-0.25, -0.2) is 9.37 Å². The van der Waals surface area contributed by atoms with Crippen molar-refractivity contribution in [3.63, 3.8) is 0 Å². The molecule has 4 heterocycles. The Labute approximate surface area is 438 Å². The van der Waals surface area contributed by atoms with Gasteiger partial charge in [0, 0.05) is 46.5 Å². The molecule has 1 saturated carbocycles. The molecule has 3 fully saturated rings. The molecular weight excluding hydrogens is 999 g/mol. The van der Waals surface area contributed by atoms with Gasteiger partial charge < -0.3 is 36.4 Å². The summed E-state index contributed by atoms with van der Waals surface area (Å²) in [5.74, 6) is -1.11. The maximum absolute atomic E-state index is 14.3. The highest BCUT2D eigenvalue weighted by Crippen LogP contribution is 2.39. The van der Waals surface area contributed by atoms with Gasteiger partial charge in [-0.3, -0.25) is 24.0 Å². The van der Waals surface area contributed by atoms with E-state index >= 15 is 0 Å². The van der Waals surface area contributed by atoms with Crippen molar-refractivity contribution in [3.05, 3.63) is 80.8 Å². The number of amides is 5. The van der Waals surface area contributed by atoms with Gasteiger partial charge in [0.25, 0.3) is 0 Å². The lowest BCUT2D eigenvalue weighted by Crippen LogP contribution is -2.57. The highest BCUT2D eigenvalue weighted by atomic mass is 35.5. The van der Waals surface area contributed by atoms with Crippen molar-refractivity contribution in [1.82, 2.24) is 45.6 Å². The average Bonchev–Trinajstić information content (AvgIpc) is 4.26. The van der Waals surface area contributed by atoms with E-state index in [1.165, 1.54) is 17.4 Å². The largest absolute Gasteiger partial charge is 0.343 e. The van der Waals surface area contributed by atoms with Crippen molar-refractivity contribution in [2.24, 2.45) is 11.8 Å². The number of aromatic nitrogens is 3. The summed E-state index contributed by atoms with van der Waals surface area (Å²) >= 11 is 14.8. The summed E-state index contributed by atoms with van der Waals surface area (Å²) in [4.78, 5) is 74.7. The van der Waals surface area contributed by atoms with Crippen molar-refractivity contribution in [2.45, 2.75) is 128 Å². The first-order valence-electron chi connectivity index (χ1n) is 24.9. The van der Waals surface area contributed by atoms with E-state index in [0.29, 0.717) is 57.6 Å². The lowest BCUT2D eigenvalue weighted by atomic mass is 9.83. The normalized spacial score (nSPS) is 19.2. The fourth-order valence-corrected chi connectivity index (χ4v) is 11.5. The number of halogens is 3. The first kappa shape index (κ1) is 54.7. The Hall–Kier alpha value is -5.11. The predicted molar refractivity (Wildman–Crippen MR) is 284 cm³/mol. The first-order chi connectivity index (χ1) is 34.6. The second-order valence-corrected chi connectivity index (χ2v) is 21.4. The third-order valence-corrected chi connectivity index (χ3v) is 16.7. The number of hydrogen-bond donors (Lipinski definition) is 5. The number of nitrogens with one attached hydrogen (secondary N) is 5. The Morgan fingerprint density at radius 3 is 2.17 bits per heavy atom. The standard InChI is InChI=1S/C27H33FN4O2S.C25H32Cl2N6O3S/c1-5-16(2)24(31-25(33)17(3)29-4)27(34)32-14-8-11-23(32)26-30-22(15-35-26)20-12-13-21(28)19-10-7-6-9-18(19)20;1-14(28-2)22(34)29-21(15-7-4-3-5-8-15)25(36)33-12-6-9-19(33)23(35)30-24-20(31-32-37-24)16-10-11-17(26)18(27)13-16/h6-7,9-10,12-13,15-17,23-24,29H,5,8,11,14H2,1-4H3,(H,31,33);10-11,13-15,19,21,28H,3-9,12H2,1-2H3,(H,29,34)(H,30,35)/t16-,17-,23-,24-;14-,19-,21-/m00/s1. The number of nitrogens with zero attached hydrogens (tertiary/aromatic N) is 5. The van der Waals surface area contributed by atoms with Crippen LogP contribution in [0.2, 0.25) is 10.0 Å². The van der Waals surface area contributed by atoms with Crippen LogP contribution < -0.4 is 26.6 Å². The second kappa shape index (κ2) is 25.2. The minimum Gasteiger partial charge on any atom is -0.343 e. The number of fused-ring (bicyclic) bond motifs is 1. The number of benzene rings is 3. The molecule has 2 aliphatic heterocycles. The molecule has 7 atom stereocenters. The van der Waals surface area contributed by atoms with Crippen molar-refractivity contribution in [2.75, 3.05) is 32.5 Å². The van der Waals surface area contributed by atoms with Gasteiger partial charge in [-0.1, -0.05) is 97.6 Å². The molecule has 5 amide bonds. The lowest BCUT2D eigenvalue weighted by Gasteiger charge is -2.35. The summed E-state index contributed by atoms with van der Waals surface area (Å²) in [7, 11) is 3.44. The molecule has 5 aromatic rings. The molecule has 0 unspecified atom stereocenters. The molecule has 386 valence electrons. The van der Waals surface area contributed by atoms with Gasteiger partial charge in [0.1, 0.15) is 39.6 Å². The van der Waals surface area contributed by atoms with E-state index in [4.69, 9.17) is 28.2 Å². The van der Waals surface area contributed by atoms with Crippen LogP contribution in [0.15, 0.2) is 60.0 Å². The van der Waals surface area contributed by atoms with Crippen molar-refractivity contribution < 1.29 is 28.4 Å². The minimum absolute atomic E-state index is 0.00851. The fourth-order valence-electron chi connectivity index (χ4n) is 9.65. The molecule has 2 saturated heterocycles. The van der Waals surface area contributed by atoms with Crippen LogP contribution in [-0.4, -0.2) is 111 Å². The fraction of sp³-hybridized carbons (Fsp3) is 0.500. The van der Waals surface area contributed by atoms with E-state index in [1.807, 2.05) is 42.3 Å². The van der Waals surface area contributed by atoms with Crippen molar-refractivity contribution in [1.29, 1.82) is 0 Å². The zero-order valence-electron chi connectivity index (χ0n) is 41.6. The predicted octanol–water partition coefficient (Wildman–Crippen LogP) is 9.02. The molecule has 8 rings (SSSR count). The van der Waals surface area contributed by atoms with E-state index in [2.05, 4.69) is 36.2 Å². The topological polar surface area (TPSA) is 191 Å². The van der Waals surface area contributed by atoms with Gasteiger partial charge in [0.2, 0.25) is 29.5 Å². The molecule has 1 aliphatic carbocycles. The summed E-state index contributed by atoms with van der Waals surface area (Å²) < 4.78 is 18.3. The Morgan fingerprint density at radius 2 is 1.47 bits per heavy atom. The van der Waals surface area contributed by atoms with Crippen LogP contribution in [0, 0.1) is 17.7 Å². The quantitative estimate of drug-likeness (QED) is 0.0638. The van der Waals surface area contributed by atoms with Gasteiger partial charge in [-0.15, -0.1) is 16.4 Å². The maximum atomic E-state index is 14.3. The number of rotatable bonds is 16. The number of anilines is 1. The zero-order chi connectivity index (χ0) is 51.6. The second-order valence-electron chi connectivity index (χ2n) is 18.9. The van der Waals surface area contributed by atoms with Crippen LogP contribution in [0.1, 0.15) is 103 Å². The number of hydrogen-bond acceptors (Lipinski definition) is 12. The maximum Gasteiger partial charge on any atom is 0.247 e. The van der Waals surface area contributed by atoms with E-state index < -0.39 is 24.2 Å². The van der Waals surface area contributed by atoms with Gasteiger partial charge in [0.05, 0.1) is 33.9 Å². The number of carbonyl (C=O) groups is 5. The molecule has 72 heavy (non-hydrogen) atoms. The van der Waals surface area contributed by atoms with Gasteiger partial charge in [-0.05, 0) is 108 Å². The van der Waals surface area contributed by atoms with Gasteiger partial charge in [0.15, 0.2) is 0 Å². The van der Waals surface area contributed by atoms with Crippen molar-refractivity contribution in [3.8, 4) is 22.5 Å². The van der Waals surface area contributed by atoms with Crippen LogP contribution in [0.25, 0.3) is 33.3 Å². The van der Waals surface area contributed by atoms with E-state index in [0.717, 1.165) is 84.6 Å². The molecule has 3 aliphatic rings. The molecule has 20 heteroatoms. The van der Waals surface area contributed by atoms with Crippen LogP contribution in [0.5, 0.6) is 0 Å². The summed E-state index contributed by atoms with van der Waals surface area (Å²) in [6.07, 6.45) is 8.73. The number of likely N-dealkylation sites (N-methyl/N-ethyl adjacent to an activating group) is 2. The molecule has 2 aromatic heterocycles. The van der Waals surface area contributed by atoms with E-state index in [9.17, 15) is 28.4 Å². The van der Waals surface area contributed by atoms with E-state index in [-0.39, 0.29) is 59.3 Å². The lowest BCUT2D eigenvalue weighted by molar-refractivity contribution is -0.142. The van der Waals surface area contributed by atoms with Crippen LogP contribution in [0.3, 0.4) is 0 Å². The third kappa shape index (κ3) is 12.6. The number of likely N-dealkylation sites (tertiary alicyclic amines) is 2. The van der Waals surface area contributed by atoms with Crippen LogP contribution >= 0.6 is 46.1 Å². The highest BCUT2D eigenvalue weighted by molar-refractivity contribution is 7.10. The first-order valence-corrected chi connectivity index (χ1v) is 27.3. The van der Waals surface area contributed by atoms with E-state index in [1.54, 1.807) is 63.2 Å². The molecule has 0 bridgehead atoms. The monoisotopic (exact) mass is 1060 g/mol. The average molecular weight is 1060 g/mol. The van der Waals surface area contributed by atoms with Gasteiger partial charge >= 0.3 is 0 Å². The Balaban J connectivity index is 0.000000212. The molecule has 0 spiro atoms. The highest BCUT2D eigenvalue weighted by Gasteiger charge is 2.42. The molecule has 0 radical (unpaired) electrons. The van der Waals surface area contributed by atoms with Gasteiger partial charge in [-0.2, -0.15) is 0 Å². The Bertz CT molecular complexity index is 2720. The molecular formula is C52H65Cl2FN10O5S2. The van der Waals surface area contributed by atoms with Crippen LogP contribution in [-0.2, 0) is 24.0 Å². The smallest absolute Gasteiger partial charge is 0.247 e. The Morgan fingerprint density at radius 1 is 0.792 bits per heavy atom. The zero-order valence-corrected chi connectivity index (χ0v) is 44.8. The molecule has 15 nitrogen and oxygen atoms in total. The summed E-state index contributed by atoms with van der Waals surface area (Å²) in [6.45, 7) is 8.68. The third-order valence-electron chi connectivity index (χ3n) is 14.4. The molecule has 5 N–H and O–H groups in total. The molecule has 3 aromatic carbocycles. The van der Waals surface area contributed by atoms with Crippen LogP contribution in [0.4, 0.5) is 9.39 Å². The minimum atomic E-state index is -0.645.